The molecule has 12 atom stereocenters. The number of likely N-dealkylation sites (tertiary alicyclic amines) is 2. The van der Waals surface area contributed by atoms with Crippen molar-refractivity contribution in [1.82, 2.24) is 34.9 Å². The van der Waals surface area contributed by atoms with E-state index in [9.17, 15) is 0 Å². The Kier molecular flexibility index (Phi) is 14.1. The van der Waals surface area contributed by atoms with Crippen LogP contribution in [0.2, 0.25) is 10.0 Å². The molecule has 7 unspecified atom stereocenters. The lowest BCUT2D eigenvalue weighted by Crippen LogP contribution is -2.73. The number of nitrogens with one attached hydrogen (secondary N) is 2. The number of likely N-dealkylation sites (N-methyl/N-ethyl adjacent to an activating group) is 2. The minimum Gasteiger partial charge on any atom is -0.465 e. The monoisotopic (exact) mass is 987 g/mol. The summed E-state index contributed by atoms with van der Waals surface area (Å²) in [7, 11) is 8.35. The molecule has 372 valence electrons. The highest BCUT2D eigenvalue weighted by atomic mass is 35.5. The van der Waals surface area contributed by atoms with Crippen LogP contribution in [0.5, 0.6) is 17.5 Å². The summed E-state index contributed by atoms with van der Waals surface area (Å²) < 4.78 is 20.7. The molecule has 2 N–H and O–H groups in total. The zero-order valence-corrected chi connectivity index (χ0v) is 43.6. The molecule has 5 aromatic rings. The van der Waals surface area contributed by atoms with Gasteiger partial charge in [0, 0.05) is 103 Å². The number of imidazole rings is 1. The zero-order valence-electron chi connectivity index (χ0n) is 42.1. The predicted octanol–water partition coefficient (Wildman–Crippen LogP) is 9.34. The number of ether oxygens (including phenoxy) is 3. The van der Waals surface area contributed by atoms with Crippen molar-refractivity contribution in [1.29, 1.82) is 0 Å². The molecule has 70 heavy (non-hydrogen) atoms. The molecular weight excluding hydrogens is 918 g/mol. The van der Waals surface area contributed by atoms with Gasteiger partial charge in [-0.05, 0) is 133 Å². The smallest absolute Gasteiger partial charge is 0.296 e. The van der Waals surface area contributed by atoms with Gasteiger partial charge in [-0.1, -0.05) is 78.7 Å². The average molecular weight is 989 g/mol. The summed E-state index contributed by atoms with van der Waals surface area (Å²) in [6.07, 6.45) is 6.06. The van der Waals surface area contributed by atoms with Crippen molar-refractivity contribution in [3.8, 4) is 28.8 Å². The molecule has 1 saturated carbocycles. The van der Waals surface area contributed by atoms with Gasteiger partial charge in [-0.15, -0.1) is 0 Å². The van der Waals surface area contributed by atoms with Crippen LogP contribution in [0, 0.1) is 16.7 Å². The molecule has 2 bridgehead atoms. The average Bonchev–Trinajstić information content (AvgIpc) is 4.01. The Hall–Kier alpha value is -4.30. The SMILES string of the molecule is CCOc1ncc(-c2ccc(Oc3cc(Cl)ccc3CN3C4C[C@@H](Cc5ccccc5)C5N(C)[C@@H](C)CNC6C[C@H](Cc7ccc(Cl)cc7)N(C)C7[C@@H](COC)NC([C@@H]3C)C67C(=O)C54CC)cc2)n1C. The molecule has 4 aromatic carbocycles. The number of piperidine rings is 1. The molecule has 13 heteroatoms. The second-order valence-corrected chi connectivity index (χ2v) is 21.9. The number of aromatic nitrogens is 2. The second kappa shape index (κ2) is 20.0. The van der Waals surface area contributed by atoms with Crippen molar-refractivity contribution in [2.24, 2.45) is 23.8 Å². The number of carbonyl (C=O) groups is 1. The fourth-order valence-electron chi connectivity index (χ4n) is 14.5. The van der Waals surface area contributed by atoms with E-state index in [0.717, 1.165) is 60.5 Å². The quantitative estimate of drug-likeness (QED) is 0.112. The van der Waals surface area contributed by atoms with Crippen LogP contribution in [0.25, 0.3) is 11.3 Å². The first-order chi connectivity index (χ1) is 33.8. The summed E-state index contributed by atoms with van der Waals surface area (Å²) >= 11 is 13.3. The predicted molar refractivity (Wildman–Crippen MR) is 279 cm³/mol. The maximum atomic E-state index is 17.4. The Labute approximate surface area is 425 Å². The van der Waals surface area contributed by atoms with Crippen molar-refractivity contribution in [3.05, 3.63) is 130 Å². The Morgan fingerprint density at radius 3 is 2.29 bits per heavy atom. The Morgan fingerprint density at radius 1 is 0.843 bits per heavy atom. The molecular formula is C57H71Cl2N7O4. The number of methoxy groups -OCH3 is 1. The molecule has 5 heterocycles. The largest absolute Gasteiger partial charge is 0.465 e. The van der Waals surface area contributed by atoms with Crippen molar-refractivity contribution in [2.75, 3.05) is 41.0 Å². The Morgan fingerprint density at radius 2 is 1.57 bits per heavy atom. The maximum Gasteiger partial charge on any atom is 0.296 e. The van der Waals surface area contributed by atoms with Gasteiger partial charge in [0.25, 0.3) is 6.01 Å². The summed E-state index contributed by atoms with van der Waals surface area (Å²) in [5.41, 5.74) is 4.06. The molecule has 0 radical (unpaired) electrons. The number of benzene rings is 4. The van der Waals surface area contributed by atoms with Crippen LogP contribution >= 0.6 is 23.2 Å². The molecule has 10 rings (SSSR count). The first-order valence-corrected chi connectivity index (χ1v) is 26.3. The number of Topliss-reactive ketones (excluding diaryl/α,β-unsaturated/α-hetero) is 1. The van der Waals surface area contributed by atoms with Gasteiger partial charge in [-0.2, -0.15) is 0 Å². The number of carbonyl (C=O) groups excluding carboxylic acids is 1. The summed E-state index contributed by atoms with van der Waals surface area (Å²) in [6, 6.07) is 33.8. The van der Waals surface area contributed by atoms with Crippen LogP contribution in [0.15, 0.2) is 103 Å². The van der Waals surface area contributed by atoms with Gasteiger partial charge in [-0.3, -0.25) is 24.1 Å². The van der Waals surface area contributed by atoms with Crippen molar-refractivity contribution in [3.63, 3.8) is 0 Å². The van der Waals surface area contributed by atoms with Crippen LogP contribution in [-0.2, 0) is 36.0 Å². The second-order valence-electron chi connectivity index (χ2n) is 21.0. The van der Waals surface area contributed by atoms with Gasteiger partial charge in [0.15, 0.2) is 5.78 Å². The van der Waals surface area contributed by atoms with Gasteiger partial charge in [0.2, 0.25) is 0 Å². The highest BCUT2D eigenvalue weighted by Gasteiger charge is 2.77. The van der Waals surface area contributed by atoms with E-state index in [1.54, 1.807) is 7.11 Å². The van der Waals surface area contributed by atoms with Crippen molar-refractivity contribution in [2.45, 2.75) is 121 Å². The van der Waals surface area contributed by atoms with Crippen LogP contribution in [-0.4, -0.2) is 125 Å². The third-order valence-corrected chi connectivity index (χ3v) is 18.1. The van der Waals surface area contributed by atoms with Gasteiger partial charge in [-0.25, -0.2) is 4.98 Å². The van der Waals surface area contributed by atoms with Crippen LogP contribution in [0.1, 0.15) is 63.6 Å². The zero-order chi connectivity index (χ0) is 49.1. The highest BCUT2D eigenvalue weighted by molar-refractivity contribution is 6.31. The lowest BCUT2D eigenvalue weighted by atomic mass is 9.54. The highest BCUT2D eigenvalue weighted by Crippen LogP contribution is 2.63. The normalized spacial score (nSPS) is 32.2. The lowest BCUT2D eigenvalue weighted by molar-refractivity contribution is -0.154. The standard InChI is InChI=1S/C57H71Cl2N7O4/c1-9-56-50-28-41(26-37-14-12-11-13-15-37)52(56)63(5)35(3)31-60-49-30-44(27-38-16-21-42(58)22-17-38)64(6)53-46(34-68-8)62-51(57(49,53)54(56)67)36(4)66(50)33-40-18-23-43(59)29-48(40)70-45-24-19-39(20-25-45)47-32-61-55(65(47)7)69-10-2/h11-25,29,32,35-36,41,44,46,49-53,60,62H,9-10,26-28,30-31,33-34H2,1-8H3/t35-,36-,41+,44-,46+,49?,50?,51?,52?,53?,56?,57?/m0/s1. The fourth-order valence-corrected chi connectivity index (χ4v) is 14.8. The minimum absolute atomic E-state index is 0.00343. The summed E-state index contributed by atoms with van der Waals surface area (Å²) in [6.45, 7) is 11.4. The van der Waals surface area contributed by atoms with E-state index in [0.29, 0.717) is 48.1 Å². The third-order valence-electron chi connectivity index (χ3n) is 17.6. The maximum absolute atomic E-state index is 17.4. The van der Waals surface area contributed by atoms with E-state index < -0.39 is 10.8 Å². The molecule has 1 aliphatic carbocycles. The number of hydrogen-bond acceptors (Lipinski definition) is 10. The molecule has 5 aliphatic rings. The van der Waals surface area contributed by atoms with E-state index in [2.05, 4.69) is 126 Å². The number of hydrogen-bond donors (Lipinski definition) is 2. The first kappa shape index (κ1) is 49.3. The minimum atomic E-state index is -0.778. The molecule has 0 amide bonds. The van der Waals surface area contributed by atoms with Crippen LogP contribution in [0.3, 0.4) is 0 Å². The third kappa shape index (κ3) is 8.30. The summed E-state index contributed by atoms with van der Waals surface area (Å²) in [5, 5.41) is 9.80. The Balaban J connectivity index is 1.10. The Bertz CT molecular complexity index is 2630. The van der Waals surface area contributed by atoms with Crippen LogP contribution < -0.4 is 20.1 Å². The van der Waals surface area contributed by atoms with E-state index >= 15 is 4.79 Å². The molecule has 1 aromatic heterocycles. The van der Waals surface area contributed by atoms with Gasteiger partial charge in [0.1, 0.15) is 11.5 Å². The van der Waals surface area contributed by atoms with Crippen LogP contribution in [0.4, 0.5) is 0 Å². The number of nitrogens with zero attached hydrogens (tertiary/aromatic N) is 5. The van der Waals surface area contributed by atoms with Crippen molar-refractivity contribution < 1.29 is 19.0 Å². The molecule has 4 aliphatic heterocycles. The first-order valence-electron chi connectivity index (χ1n) is 25.6. The number of rotatable bonds is 14. The number of halogens is 2. The molecule has 11 nitrogen and oxygen atoms in total. The molecule has 1 spiro atoms. The van der Waals surface area contributed by atoms with Gasteiger partial charge < -0.3 is 24.8 Å². The van der Waals surface area contributed by atoms with E-state index in [1.165, 1.54) is 11.1 Å². The molecule has 5 fully saturated rings. The lowest BCUT2D eigenvalue weighted by Gasteiger charge is -2.57. The summed E-state index contributed by atoms with van der Waals surface area (Å²) in [5.74, 6) is 2.07. The van der Waals surface area contributed by atoms with E-state index in [4.69, 9.17) is 37.4 Å². The fraction of sp³-hybridized carbons (Fsp3) is 0.509. The van der Waals surface area contributed by atoms with E-state index in [1.807, 2.05) is 61.1 Å². The van der Waals surface area contributed by atoms with E-state index in [-0.39, 0.29) is 60.3 Å². The van der Waals surface area contributed by atoms with Crippen molar-refractivity contribution >= 4 is 29.0 Å². The van der Waals surface area contributed by atoms with Gasteiger partial charge >= 0.3 is 0 Å². The topological polar surface area (TPSA) is 96.4 Å². The summed E-state index contributed by atoms with van der Waals surface area (Å²) in [4.78, 5) is 29.9. The van der Waals surface area contributed by atoms with Gasteiger partial charge in [0.05, 0.1) is 35.9 Å². The molecule has 4 saturated heterocycles. The number of ketones is 1.